The van der Waals surface area contributed by atoms with E-state index < -0.39 is 17.7 Å². The van der Waals surface area contributed by atoms with Gasteiger partial charge in [-0.15, -0.1) is 0 Å². The van der Waals surface area contributed by atoms with Crippen molar-refractivity contribution >= 4 is 15.9 Å². The average molecular weight is 343 g/mol. The molecule has 2 aromatic rings. The highest BCUT2D eigenvalue weighted by molar-refractivity contribution is 9.10. The third-order valence-corrected chi connectivity index (χ3v) is 3.80. The standard InChI is InChI=1S/C14H13BrF2N2O/c1-20-12-6-5-8(16)7-10(12)14(19-18)9-3-2-4-11(17)13(9)15/h2-7,14,19H,18H2,1H3. The highest BCUT2D eigenvalue weighted by Crippen LogP contribution is 2.34. The third-order valence-electron chi connectivity index (χ3n) is 2.96. The van der Waals surface area contributed by atoms with Crippen LogP contribution in [0.4, 0.5) is 8.78 Å². The number of hydrazine groups is 1. The molecule has 0 saturated carbocycles. The summed E-state index contributed by atoms with van der Waals surface area (Å²) in [5, 5.41) is 0. The van der Waals surface area contributed by atoms with Gasteiger partial charge in [-0.25, -0.2) is 14.2 Å². The smallest absolute Gasteiger partial charge is 0.137 e. The van der Waals surface area contributed by atoms with Crippen molar-refractivity contribution in [1.82, 2.24) is 5.43 Å². The zero-order chi connectivity index (χ0) is 14.7. The minimum Gasteiger partial charge on any atom is -0.496 e. The lowest BCUT2D eigenvalue weighted by Crippen LogP contribution is -2.29. The lowest BCUT2D eigenvalue weighted by Gasteiger charge is -2.21. The fourth-order valence-electron chi connectivity index (χ4n) is 2.02. The van der Waals surface area contributed by atoms with Crippen LogP contribution >= 0.6 is 15.9 Å². The van der Waals surface area contributed by atoms with E-state index in [0.29, 0.717) is 16.9 Å². The molecule has 0 amide bonds. The van der Waals surface area contributed by atoms with E-state index in [0.717, 1.165) is 0 Å². The zero-order valence-electron chi connectivity index (χ0n) is 10.7. The van der Waals surface area contributed by atoms with Crippen LogP contribution in [0.25, 0.3) is 0 Å². The second kappa shape index (κ2) is 6.30. The summed E-state index contributed by atoms with van der Waals surface area (Å²) in [6.45, 7) is 0. The topological polar surface area (TPSA) is 47.3 Å². The number of nitrogens with one attached hydrogen (secondary N) is 1. The Labute approximate surface area is 123 Å². The molecule has 2 aromatic carbocycles. The predicted octanol–water partition coefficient (Wildman–Crippen LogP) is 3.29. The van der Waals surface area contributed by atoms with Gasteiger partial charge in [-0.3, -0.25) is 5.84 Å². The number of methoxy groups -OCH3 is 1. The fourth-order valence-corrected chi connectivity index (χ4v) is 2.51. The molecule has 3 nitrogen and oxygen atoms in total. The van der Waals surface area contributed by atoms with Gasteiger partial charge >= 0.3 is 0 Å². The molecule has 6 heteroatoms. The van der Waals surface area contributed by atoms with Gasteiger partial charge in [-0.2, -0.15) is 0 Å². The largest absolute Gasteiger partial charge is 0.496 e. The number of halogens is 3. The van der Waals surface area contributed by atoms with Gasteiger partial charge in [0, 0.05) is 5.56 Å². The van der Waals surface area contributed by atoms with Crippen LogP contribution in [0, 0.1) is 11.6 Å². The van der Waals surface area contributed by atoms with Crippen molar-refractivity contribution in [2.24, 2.45) is 5.84 Å². The van der Waals surface area contributed by atoms with E-state index in [2.05, 4.69) is 21.4 Å². The molecule has 1 atom stereocenters. The first-order chi connectivity index (χ1) is 9.58. The van der Waals surface area contributed by atoms with E-state index in [4.69, 9.17) is 10.6 Å². The van der Waals surface area contributed by atoms with Gasteiger partial charge in [0.15, 0.2) is 0 Å². The van der Waals surface area contributed by atoms with Crippen LogP contribution < -0.4 is 16.0 Å². The van der Waals surface area contributed by atoms with Crippen molar-refractivity contribution in [3.05, 3.63) is 63.6 Å². The maximum absolute atomic E-state index is 13.6. The first kappa shape index (κ1) is 14.9. The van der Waals surface area contributed by atoms with Crippen molar-refractivity contribution in [2.75, 3.05) is 7.11 Å². The quantitative estimate of drug-likeness (QED) is 0.662. The van der Waals surface area contributed by atoms with E-state index in [1.54, 1.807) is 12.1 Å². The fraction of sp³-hybridized carbons (Fsp3) is 0.143. The lowest BCUT2D eigenvalue weighted by molar-refractivity contribution is 0.402. The summed E-state index contributed by atoms with van der Waals surface area (Å²) in [6.07, 6.45) is 0. The van der Waals surface area contributed by atoms with Gasteiger partial charge in [0.05, 0.1) is 17.6 Å². The first-order valence-corrected chi connectivity index (χ1v) is 6.61. The Morgan fingerprint density at radius 1 is 1.20 bits per heavy atom. The Kier molecular flexibility index (Phi) is 4.69. The molecule has 1 unspecified atom stereocenters. The third kappa shape index (κ3) is 2.82. The minimum absolute atomic E-state index is 0.272. The predicted molar refractivity (Wildman–Crippen MR) is 76.2 cm³/mol. The van der Waals surface area contributed by atoms with Crippen LogP contribution in [0.1, 0.15) is 17.2 Å². The number of rotatable bonds is 4. The Bertz CT molecular complexity index is 622. The van der Waals surface area contributed by atoms with Gasteiger partial charge in [0.1, 0.15) is 17.4 Å². The number of nitrogens with two attached hydrogens (primary N) is 1. The molecule has 0 aromatic heterocycles. The van der Waals surface area contributed by atoms with Crippen LogP contribution in [0.15, 0.2) is 40.9 Å². The molecule has 0 saturated heterocycles. The average Bonchev–Trinajstić information content (AvgIpc) is 2.44. The van der Waals surface area contributed by atoms with Crippen molar-refractivity contribution in [2.45, 2.75) is 6.04 Å². The number of ether oxygens (including phenoxy) is 1. The van der Waals surface area contributed by atoms with Crippen molar-refractivity contribution in [1.29, 1.82) is 0 Å². The normalized spacial score (nSPS) is 12.2. The molecule has 20 heavy (non-hydrogen) atoms. The highest BCUT2D eigenvalue weighted by atomic mass is 79.9. The van der Waals surface area contributed by atoms with E-state index in [1.165, 1.54) is 31.4 Å². The Morgan fingerprint density at radius 3 is 2.60 bits per heavy atom. The van der Waals surface area contributed by atoms with Crippen LogP contribution in [-0.4, -0.2) is 7.11 Å². The molecule has 0 spiro atoms. The van der Waals surface area contributed by atoms with E-state index in [1.807, 2.05) is 0 Å². The summed E-state index contributed by atoms with van der Waals surface area (Å²) in [6, 6.07) is 8.07. The molecule has 0 heterocycles. The van der Waals surface area contributed by atoms with Gasteiger partial charge in [0.2, 0.25) is 0 Å². The molecule has 0 aliphatic heterocycles. The maximum Gasteiger partial charge on any atom is 0.137 e. The second-order valence-corrected chi connectivity index (χ2v) is 4.92. The number of hydrogen-bond acceptors (Lipinski definition) is 3. The lowest BCUT2D eigenvalue weighted by atomic mass is 9.98. The molecule has 3 N–H and O–H groups in total. The summed E-state index contributed by atoms with van der Waals surface area (Å²) in [7, 11) is 1.48. The van der Waals surface area contributed by atoms with Gasteiger partial charge in [-0.05, 0) is 45.8 Å². The number of hydrogen-bond donors (Lipinski definition) is 2. The Balaban J connectivity index is 2.58. The molecule has 0 aliphatic rings. The molecule has 0 radical (unpaired) electrons. The molecular weight excluding hydrogens is 330 g/mol. The maximum atomic E-state index is 13.6. The molecule has 106 valence electrons. The van der Waals surface area contributed by atoms with E-state index in [9.17, 15) is 8.78 Å². The Hall–Kier alpha value is -1.50. The summed E-state index contributed by atoms with van der Waals surface area (Å²) >= 11 is 3.18. The SMILES string of the molecule is COc1ccc(F)cc1C(NN)c1cccc(F)c1Br. The molecular formula is C14H13BrF2N2O. The first-order valence-electron chi connectivity index (χ1n) is 5.82. The summed E-state index contributed by atoms with van der Waals surface area (Å²) in [5.74, 6) is 5.18. The summed E-state index contributed by atoms with van der Waals surface area (Å²) in [5.41, 5.74) is 3.60. The number of benzene rings is 2. The Morgan fingerprint density at radius 2 is 1.95 bits per heavy atom. The summed E-state index contributed by atoms with van der Waals surface area (Å²) in [4.78, 5) is 0. The second-order valence-electron chi connectivity index (χ2n) is 4.13. The van der Waals surface area contributed by atoms with Crippen LogP contribution in [0.2, 0.25) is 0 Å². The van der Waals surface area contributed by atoms with Crippen LogP contribution in [0.5, 0.6) is 5.75 Å². The van der Waals surface area contributed by atoms with Gasteiger partial charge in [0.25, 0.3) is 0 Å². The molecule has 0 bridgehead atoms. The van der Waals surface area contributed by atoms with Gasteiger partial charge < -0.3 is 4.74 Å². The van der Waals surface area contributed by atoms with E-state index >= 15 is 0 Å². The summed E-state index contributed by atoms with van der Waals surface area (Å²) < 4.78 is 32.6. The van der Waals surface area contributed by atoms with Crippen molar-refractivity contribution in [3.63, 3.8) is 0 Å². The van der Waals surface area contributed by atoms with Crippen molar-refractivity contribution < 1.29 is 13.5 Å². The molecule has 0 fully saturated rings. The van der Waals surface area contributed by atoms with Crippen LogP contribution in [0.3, 0.4) is 0 Å². The minimum atomic E-state index is -0.606. The molecule has 2 rings (SSSR count). The zero-order valence-corrected chi connectivity index (χ0v) is 12.2. The van der Waals surface area contributed by atoms with Crippen molar-refractivity contribution in [3.8, 4) is 5.75 Å². The molecule has 0 aliphatic carbocycles. The van der Waals surface area contributed by atoms with E-state index in [-0.39, 0.29) is 4.47 Å². The monoisotopic (exact) mass is 342 g/mol. The van der Waals surface area contributed by atoms with Crippen LogP contribution in [-0.2, 0) is 0 Å². The van der Waals surface area contributed by atoms with Gasteiger partial charge in [-0.1, -0.05) is 12.1 Å². The highest BCUT2D eigenvalue weighted by Gasteiger charge is 2.21.